The van der Waals surface area contributed by atoms with Gasteiger partial charge in [0.15, 0.2) is 0 Å². The normalized spacial score (nSPS) is 14.7. The summed E-state index contributed by atoms with van der Waals surface area (Å²) in [6.45, 7) is 8.83. The Morgan fingerprint density at radius 1 is 1.29 bits per heavy atom. The fourth-order valence-electron chi connectivity index (χ4n) is 3.98. The van der Waals surface area contributed by atoms with Crippen LogP contribution in [0.1, 0.15) is 46.7 Å². The standard InChI is InChI=1S/C23H29FN4O3/c1-6-28(31,7-2)11-10-25-23(30)21-14(3)20(27(5)15(21)4)13-18-17-12-16(24)8-9-19(17)26-22(18)29/h8-9,12-13H,6-7,10-11H2,1-5H3,(H,25,30)(H,26,29)/b18-13-. The van der Waals surface area contributed by atoms with Crippen molar-refractivity contribution in [1.29, 1.82) is 0 Å². The SMILES string of the molecule is CC[N+]([O-])(CC)CCNC(=O)c1c(C)c(/C=C2\C(=O)Nc3ccc(F)cc32)n(C)c1C. The van der Waals surface area contributed by atoms with Crippen LogP contribution in [-0.4, -0.2) is 47.2 Å². The number of rotatable bonds is 7. The van der Waals surface area contributed by atoms with Crippen LogP contribution in [0.5, 0.6) is 0 Å². The number of hydroxylamine groups is 3. The Kier molecular flexibility index (Phi) is 6.33. The molecule has 0 saturated carbocycles. The van der Waals surface area contributed by atoms with E-state index in [0.29, 0.717) is 47.7 Å². The van der Waals surface area contributed by atoms with Gasteiger partial charge in [-0.3, -0.25) is 9.59 Å². The number of quaternary nitrogens is 1. The molecule has 2 aromatic rings. The average molecular weight is 429 g/mol. The first kappa shape index (κ1) is 22.7. The van der Waals surface area contributed by atoms with Gasteiger partial charge in [0.25, 0.3) is 11.8 Å². The highest BCUT2D eigenvalue weighted by atomic mass is 19.1. The van der Waals surface area contributed by atoms with Crippen LogP contribution in [0.3, 0.4) is 0 Å². The van der Waals surface area contributed by atoms with Crippen molar-refractivity contribution < 1.29 is 18.6 Å². The molecular weight excluding hydrogens is 399 g/mol. The number of anilines is 1. The van der Waals surface area contributed by atoms with Gasteiger partial charge in [-0.2, -0.15) is 0 Å². The zero-order valence-corrected chi connectivity index (χ0v) is 18.6. The highest BCUT2D eigenvalue weighted by molar-refractivity contribution is 6.35. The lowest BCUT2D eigenvalue weighted by Crippen LogP contribution is -2.46. The molecule has 2 N–H and O–H groups in total. The van der Waals surface area contributed by atoms with E-state index in [9.17, 15) is 19.2 Å². The molecule has 0 radical (unpaired) electrons. The number of halogens is 1. The lowest BCUT2D eigenvalue weighted by atomic mass is 10.0. The van der Waals surface area contributed by atoms with Gasteiger partial charge in [-0.1, -0.05) is 0 Å². The Morgan fingerprint density at radius 2 is 1.97 bits per heavy atom. The van der Waals surface area contributed by atoms with Gasteiger partial charge in [0.2, 0.25) is 0 Å². The van der Waals surface area contributed by atoms with E-state index in [-0.39, 0.29) is 23.0 Å². The van der Waals surface area contributed by atoms with Crippen LogP contribution in [0.2, 0.25) is 0 Å². The largest absolute Gasteiger partial charge is 0.633 e. The van der Waals surface area contributed by atoms with Crippen molar-refractivity contribution >= 4 is 29.2 Å². The van der Waals surface area contributed by atoms with Crippen LogP contribution < -0.4 is 10.6 Å². The van der Waals surface area contributed by atoms with Crippen LogP contribution in [0.4, 0.5) is 10.1 Å². The Balaban J connectivity index is 1.90. The van der Waals surface area contributed by atoms with Gasteiger partial charge in [0.1, 0.15) is 5.82 Å². The maximum atomic E-state index is 13.7. The van der Waals surface area contributed by atoms with Crippen LogP contribution in [0.25, 0.3) is 11.6 Å². The number of hydrogen-bond donors (Lipinski definition) is 2. The van der Waals surface area contributed by atoms with Crippen LogP contribution in [0, 0.1) is 24.9 Å². The molecule has 0 aliphatic carbocycles. The minimum absolute atomic E-state index is 0.253. The number of hydrogen-bond acceptors (Lipinski definition) is 3. The van der Waals surface area contributed by atoms with E-state index in [4.69, 9.17) is 0 Å². The highest BCUT2D eigenvalue weighted by Gasteiger charge is 2.27. The number of aromatic nitrogens is 1. The van der Waals surface area contributed by atoms with Crippen molar-refractivity contribution in [3.05, 3.63) is 57.3 Å². The number of likely N-dealkylation sites (N-methyl/N-ethyl adjacent to an activating group) is 1. The summed E-state index contributed by atoms with van der Waals surface area (Å²) in [6, 6.07) is 4.16. The molecule has 0 fully saturated rings. The Bertz CT molecular complexity index is 1070. The van der Waals surface area contributed by atoms with E-state index in [2.05, 4.69) is 10.6 Å². The molecule has 1 aromatic heterocycles. The summed E-state index contributed by atoms with van der Waals surface area (Å²) in [5.41, 5.74) is 4.09. The quantitative estimate of drug-likeness (QED) is 0.403. The minimum atomic E-state index is -0.423. The van der Waals surface area contributed by atoms with Crippen molar-refractivity contribution in [2.45, 2.75) is 27.7 Å². The van der Waals surface area contributed by atoms with Gasteiger partial charge in [-0.15, -0.1) is 0 Å². The fourth-order valence-corrected chi connectivity index (χ4v) is 3.98. The van der Waals surface area contributed by atoms with Crippen molar-refractivity contribution in [3.8, 4) is 0 Å². The highest BCUT2D eigenvalue weighted by Crippen LogP contribution is 2.35. The Labute approximate surface area is 181 Å². The smallest absolute Gasteiger partial charge is 0.256 e. The summed E-state index contributed by atoms with van der Waals surface area (Å²) in [7, 11) is 1.82. The summed E-state index contributed by atoms with van der Waals surface area (Å²) in [6.07, 6.45) is 1.69. The van der Waals surface area contributed by atoms with Crippen molar-refractivity contribution in [3.63, 3.8) is 0 Å². The maximum absolute atomic E-state index is 13.7. The number of amides is 2. The van der Waals surface area contributed by atoms with Gasteiger partial charge < -0.3 is 25.1 Å². The molecule has 0 bridgehead atoms. The topological polar surface area (TPSA) is 86.2 Å². The molecule has 0 unspecified atom stereocenters. The first-order valence-corrected chi connectivity index (χ1v) is 10.5. The van der Waals surface area contributed by atoms with Gasteiger partial charge in [-0.25, -0.2) is 4.39 Å². The third-order valence-corrected chi connectivity index (χ3v) is 6.22. The second-order valence-corrected chi connectivity index (χ2v) is 7.90. The Morgan fingerprint density at radius 3 is 2.61 bits per heavy atom. The zero-order chi connectivity index (χ0) is 22.9. The van der Waals surface area contributed by atoms with Gasteiger partial charge in [0.05, 0.1) is 37.3 Å². The predicted molar refractivity (Wildman–Crippen MR) is 120 cm³/mol. The summed E-state index contributed by atoms with van der Waals surface area (Å²) >= 11 is 0. The molecule has 8 heteroatoms. The van der Waals surface area contributed by atoms with E-state index in [1.54, 1.807) is 6.08 Å². The predicted octanol–water partition coefficient (Wildman–Crippen LogP) is 3.36. The van der Waals surface area contributed by atoms with Crippen molar-refractivity contribution in [2.24, 2.45) is 7.05 Å². The molecule has 31 heavy (non-hydrogen) atoms. The molecule has 166 valence electrons. The second-order valence-electron chi connectivity index (χ2n) is 7.90. The number of fused-ring (bicyclic) bond motifs is 1. The first-order valence-electron chi connectivity index (χ1n) is 10.5. The minimum Gasteiger partial charge on any atom is -0.633 e. The van der Waals surface area contributed by atoms with Crippen molar-refractivity contribution in [2.75, 3.05) is 31.5 Å². The molecule has 1 aliphatic heterocycles. The molecular formula is C23H29FN4O3. The molecule has 0 atom stereocenters. The molecule has 2 heterocycles. The molecule has 7 nitrogen and oxygen atoms in total. The fraction of sp³-hybridized carbons (Fsp3) is 0.391. The average Bonchev–Trinajstić information content (AvgIpc) is 3.15. The van der Waals surface area contributed by atoms with E-state index in [1.807, 2.05) is 39.3 Å². The van der Waals surface area contributed by atoms with Gasteiger partial charge in [0, 0.05) is 29.7 Å². The summed E-state index contributed by atoms with van der Waals surface area (Å²) in [5, 5.41) is 18.0. The van der Waals surface area contributed by atoms with E-state index < -0.39 is 5.82 Å². The zero-order valence-electron chi connectivity index (χ0n) is 18.6. The van der Waals surface area contributed by atoms with Crippen LogP contribution >= 0.6 is 0 Å². The first-order chi connectivity index (χ1) is 14.6. The van der Waals surface area contributed by atoms with E-state index >= 15 is 0 Å². The van der Waals surface area contributed by atoms with E-state index in [1.165, 1.54) is 18.2 Å². The van der Waals surface area contributed by atoms with Gasteiger partial charge in [-0.05, 0) is 57.5 Å². The second kappa shape index (κ2) is 8.64. The molecule has 1 aliphatic rings. The summed E-state index contributed by atoms with van der Waals surface area (Å²) in [5.74, 6) is -0.988. The molecule has 0 saturated heterocycles. The molecule has 3 rings (SSSR count). The maximum Gasteiger partial charge on any atom is 0.256 e. The lowest BCUT2D eigenvalue weighted by Gasteiger charge is -2.41. The summed E-state index contributed by atoms with van der Waals surface area (Å²) < 4.78 is 15.2. The number of carbonyl (C=O) groups is 2. The molecule has 0 spiro atoms. The molecule has 2 amide bonds. The van der Waals surface area contributed by atoms with Crippen molar-refractivity contribution in [1.82, 2.24) is 9.88 Å². The van der Waals surface area contributed by atoms with Crippen LogP contribution in [0.15, 0.2) is 18.2 Å². The van der Waals surface area contributed by atoms with Crippen LogP contribution in [-0.2, 0) is 11.8 Å². The number of carbonyl (C=O) groups excluding carboxylic acids is 2. The van der Waals surface area contributed by atoms with Gasteiger partial charge >= 0.3 is 0 Å². The number of benzene rings is 1. The Hall–Kier alpha value is -2.97. The monoisotopic (exact) mass is 428 g/mol. The number of nitrogens with zero attached hydrogens (tertiary/aromatic N) is 2. The number of nitrogens with one attached hydrogen (secondary N) is 2. The molecule has 1 aromatic carbocycles. The third-order valence-electron chi connectivity index (χ3n) is 6.22. The van der Waals surface area contributed by atoms with E-state index in [0.717, 1.165) is 11.3 Å². The summed E-state index contributed by atoms with van der Waals surface area (Å²) in [4.78, 5) is 25.3. The third kappa shape index (κ3) is 4.26. The lowest BCUT2D eigenvalue weighted by molar-refractivity contribution is -0.875.